The zero-order valence-electron chi connectivity index (χ0n) is 11.2. The highest BCUT2D eigenvalue weighted by Crippen LogP contribution is 2.36. The fourth-order valence-electron chi connectivity index (χ4n) is 1.68. The van der Waals surface area contributed by atoms with Crippen molar-refractivity contribution < 1.29 is 19.0 Å². The highest BCUT2D eigenvalue weighted by Gasteiger charge is 2.18. The van der Waals surface area contributed by atoms with Gasteiger partial charge in [-0.25, -0.2) is 0 Å². The Morgan fingerprint density at radius 1 is 1.37 bits per heavy atom. The molecule has 5 nitrogen and oxygen atoms in total. The highest BCUT2D eigenvalue weighted by molar-refractivity contribution is 6.32. The molecule has 0 aliphatic heterocycles. The Hall–Kier alpha value is -1.46. The summed E-state index contributed by atoms with van der Waals surface area (Å²) in [7, 11) is 3.02. The van der Waals surface area contributed by atoms with Gasteiger partial charge in [-0.05, 0) is 31.0 Å². The fraction of sp³-hybridized carbons (Fsp3) is 0.462. The Balaban J connectivity index is 2.90. The Morgan fingerprint density at radius 3 is 2.58 bits per heavy atom. The van der Waals surface area contributed by atoms with Crippen molar-refractivity contribution in [1.29, 1.82) is 0 Å². The Morgan fingerprint density at radius 2 is 2.05 bits per heavy atom. The molecule has 0 aromatic heterocycles. The van der Waals surface area contributed by atoms with E-state index in [4.69, 9.17) is 31.5 Å². The lowest BCUT2D eigenvalue weighted by molar-refractivity contribution is -0.144. The maximum absolute atomic E-state index is 11.5. The van der Waals surface area contributed by atoms with Crippen LogP contribution in [0.2, 0.25) is 5.02 Å². The lowest BCUT2D eigenvalue weighted by Gasteiger charge is -2.14. The smallest absolute Gasteiger partial charge is 0.323 e. The topological polar surface area (TPSA) is 70.8 Å². The number of benzene rings is 1. The molecular weight excluding hydrogens is 270 g/mol. The van der Waals surface area contributed by atoms with Crippen molar-refractivity contribution in [3.63, 3.8) is 0 Å². The van der Waals surface area contributed by atoms with Gasteiger partial charge in [-0.15, -0.1) is 0 Å². The second kappa shape index (κ2) is 7.21. The minimum absolute atomic E-state index is 0.305. The van der Waals surface area contributed by atoms with Gasteiger partial charge in [0.1, 0.15) is 6.04 Å². The van der Waals surface area contributed by atoms with Crippen LogP contribution in [-0.4, -0.2) is 32.8 Å². The van der Waals surface area contributed by atoms with E-state index in [9.17, 15) is 4.79 Å². The van der Waals surface area contributed by atoms with E-state index in [0.29, 0.717) is 29.5 Å². The number of hydrogen-bond donors (Lipinski definition) is 1. The van der Waals surface area contributed by atoms with E-state index in [1.165, 1.54) is 14.2 Å². The summed E-state index contributed by atoms with van der Waals surface area (Å²) in [5.74, 6) is 0.520. The molecule has 1 rings (SSSR count). The standard InChI is InChI=1S/C13H18ClNO4/c1-4-19-13(16)10(15)6-8-5-9(14)12(18-3)11(7-8)17-2/h5,7,10H,4,6,15H2,1-3H3. The van der Waals surface area contributed by atoms with Crippen molar-refractivity contribution in [3.05, 3.63) is 22.7 Å². The van der Waals surface area contributed by atoms with E-state index in [0.717, 1.165) is 5.56 Å². The number of ether oxygens (including phenoxy) is 3. The van der Waals surface area contributed by atoms with Crippen LogP contribution in [-0.2, 0) is 16.0 Å². The van der Waals surface area contributed by atoms with Crippen LogP contribution in [0.4, 0.5) is 0 Å². The summed E-state index contributed by atoms with van der Waals surface area (Å²) in [4.78, 5) is 11.5. The van der Waals surface area contributed by atoms with Crippen LogP contribution in [0.3, 0.4) is 0 Å². The molecule has 0 saturated carbocycles. The van der Waals surface area contributed by atoms with Crippen molar-refractivity contribution in [2.75, 3.05) is 20.8 Å². The monoisotopic (exact) mass is 287 g/mol. The van der Waals surface area contributed by atoms with Gasteiger partial charge in [0.05, 0.1) is 25.8 Å². The van der Waals surface area contributed by atoms with Gasteiger partial charge >= 0.3 is 5.97 Å². The van der Waals surface area contributed by atoms with Crippen LogP contribution in [0.5, 0.6) is 11.5 Å². The molecule has 106 valence electrons. The van der Waals surface area contributed by atoms with E-state index < -0.39 is 12.0 Å². The molecule has 0 radical (unpaired) electrons. The second-order valence-corrected chi connectivity index (χ2v) is 4.28. The third-order valence-electron chi connectivity index (χ3n) is 2.54. The van der Waals surface area contributed by atoms with Gasteiger partial charge in [-0.2, -0.15) is 0 Å². The van der Waals surface area contributed by atoms with Crippen molar-refractivity contribution in [3.8, 4) is 11.5 Å². The van der Waals surface area contributed by atoms with Gasteiger partial charge in [0.2, 0.25) is 0 Å². The quantitative estimate of drug-likeness (QED) is 0.808. The average molecular weight is 288 g/mol. The molecule has 19 heavy (non-hydrogen) atoms. The van der Waals surface area contributed by atoms with E-state index in [-0.39, 0.29) is 0 Å². The van der Waals surface area contributed by atoms with Crippen molar-refractivity contribution in [1.82, 2.24) is 0 Å². The summed E-state index contributed by atoms with van der Waals surface area (Å²) in [5.41, 5.74) is 6.54. The van der Waals surface area contributed by atoms with Crippen molar-refractivity contribution in [2.45, 2.75) is 19.4 Å². The number of hydrogen-bond acceptors (Lipinski definition) is 5. The Labute approximate surface area is 117 Å². The van der Waals surface area contributed by atoms with Crippen molar-refractivity contribution >= 4 is 17.6 Å². The predicted octanol–water partition coefficient (Wildman–Crippen LogP) is 1.79. The number of halogens is 1. The van der Waals surface area contributed by atoms with E-state index in [2.05, 4.69) is 0 Å². The Kier molecular flexibility index (Phi) is 5.92. The van der Waals surface area contributed by atoms with Crippen LogP contribution in [0.25, 0.3) is 0 Å². The highest BCUT2D eigenvalue weighted by atomic mass is 35.5. The van der Waals surface area contributed by atoms with E-state index in [1.807, 2.05) is 0 Å². The van der Waals surface area contributed by atoms with Crippen LogP contribution in [0, 0.1) is 0 Å². The van der Waals surface area contributed by atoms with Crippen LogP contribution in [0.1, 0.15) is 12.5 Å². The van der Waals surface area contributed by atoms with Gasteiger partial charge in [0, 0.05) is 0 Å². The molecular formula is C13H18ClNO4. The molecule has 6 heteroatoms. The fourth-order valence-corrected chi connectivity index (χ4v) is 1.99. The summed E-state index contributed by atoms with van der Waals surface area (Å²) in [6, 6.07) is 2.71. The third-order valence-corrected chi connectivity index (χ3v) is 2.82. The zero-order chi connectivity index (χ0) is 14.4. The molecule has 0 bridgehead atoms. The first-order valence-corrected chi connectivity index (χ1v) is 6.23. The van der Waals surface area contributed by atoms with E-state index in [1.54, 1.807) is 19.1 Å². The number of rotatable bonds is 6. The predicted molar refractivity (Wildman–Crippen MR) is 72.9 cm³/mol. The molecule has 0 aliphatic rings. The summed E-state index contributed by atoms with van der Waals surface area (Å²) >= 11 is 6.08. The molecule has 0 fully saturated rings. The minimum Gasteiger partial charge on any atom is -0.493 e. The molecule has 1 aromatic rings. The van der Waals surface area contributed by atoms with Gasteiger partial charge in [-0.3, -0.25) is 4.79 Å². The first-order chi connectivity index (χ1) is 9.03. The summed E-state index contributed by atoms with van der Waals surface area (Å²) in [6.45, 7) is 2.04. The van der Waals surface area contributed by atoms with Crippen LogP contribution < -0.4 is 15.2 Å². The number of carbonyl (C=O) groups is 1. The largest absolute Gasteiger partial charge is 0.493 e. The van der Waals surface area contributed by atoms with Gasteiger partial charge in [0.25, 0.3) is 0 Å². The lowest BCUT2D eigenvalue weighted by atomic mass is 10.1. The Bertz CT molecular complexity index is 451. The van der Waals surface area contributed by atoms with Crippen LogP contribution >= 0.6 is 11.6 Å². The van der Waals surface area contributed by atoms with Gasteiger partial charge < -0.3 is 19.9 Å². The first kappa shape index (κ1) is 15.6. The molecule has 0 saturated heterocycles. The maximum atomic E-state index is 11.5. The molecule has 0 heterocycles. The zero-order valence-corrected chi connectivity index (χ0v) is 12.0. The summed E-state index contributed by atoms with van der Waals surface area (Å²) in [5, 5.41) is 0.410. The molecule has 1 unspecified atom stereocenters. The number of methoxy groups -OCH3 is 2. The van der Waals surface area contributed by atoms with E-state index >= 15 is 0 Å². The normalized spacial score (nSPS) is 11.8. The van der Waals surface area contributed by atoms with Gasteiger partial charge in [0.15, 0.2) is 11.5 Å². The molecule has 1 atom stereocenters. The summed E-state index contributed by atoms with van der Waals surface area (Å²) < 4.78 is 15.2. The molecule has 0 spiro atoms. The minimum atomic E-state index is -0.728. The SMILES string of the molecule is CCOC(=O)C(N)Cc1cc(Cl)c(OC)c(OC)c1. The van der Waals surface area contributed by atoms with Gasteiger partial charge in [-0.1, -0.05) is 11.6 Å². The van der Waals surface area contributed by atoms with Crippen LogP contribution in [0.15, 0.2) is 12.1 Å². The summed E-state index contributed by atoms with van der Waals surface area (Å²) in [6.07, 6.45) is 0.318. The molecule has 0 amide bonds. The first-order valence-electron chi connectivity index (χ1n) is 5.86. The third kappa shape index (κ3) is 4.01. The maximum Gasteiger partial charge on any atom is 0.323 e. The van der Waals surface area contributed by atoms with Crippen molar-refractivity contribution in [2.24, 2.45) is 5.73 Å². The molecule has 2 N–H and O–H groups in total. The molecule has 1 aromatic carbocycles. The number of carbonyl (C=O) groups excluding carboxylic acids is 1. The lowest BCUT2D eigenvalue weighted by Crippen LogP contribution is -2.34. The average Bonchev–Trinajstić information content (AvgIpc) is 2.38. The number of nitrogens with two attached hydrogens (primary N) is 1. The second-order valence-electron chi connectivity index (χ2n) is 3.88. The number of esters is 1. The molecule has 0 aliphatic carbocycles.